The van der Waals surface area contributed by atoms with E-state index in [1.54, 1.807) is 24.3 Å². The fraction of sp³-hybridized carbons (Fsp3) is 0.375. The van der Waals surface area contributed by atoms with E-state index in [0.29, 0.717) is 23.6 Å². The summed E-state index contributed by atoms with van der Waals surface area (Å²) in [7, 11) is -3.85. The molecule has 1 aromatic heterocycles. The van der Waals surface area contributed by atoms with Crippen LogP contribution in [0.15, 0.2) is 35.1 Å². The van der Waals surface area contributed by atoms with Crippen LogP contribution in [-0.2, 0) is 14.8 Å². The molecule has 0 spiro atoms. The number of oxazole rings is 1. The quantitative estimate of drug-likeness (QED) is 0.850. The smallest absolute Gasteiger partial charge is 0.287 e. The zero-order valence-corrected chi connectivity index (χ0v) is 14.8. The van der Waals surface area contributed by atoms with Gasteiger partial charge in [-0.1, -0.05) is 23.7 Å². The summed E-state index contributed by atoms with van der Waals surface area (Å²) in [5.41, 5.74) is 0.320. The molecule has 25 heavy (non-hydrogen) atoms. The second-order valence-electron chi connectivity index (χ2n) is 5.71. The van der Waals surface area contributed by atoms with E-state index in [-0.39, 0.29) is 17.2 Å². The van der Waals surface area contributed by atoms with Crippen molar-refractivity contribution in [2.24, 2.45) is 0 Å². The van der Waals surface area contributed by atoms with E-state index in [4.69, 9.17) is 20.8 Å². The zero-order valence-electron chi connectivity index (χ0n) is 13.3. The molecule has 1 atom stereocenters. The molecule has 0 saturated carbocycles. The molecule has 1 N–H and O–H groups in total. The average molecular weight is 385 g/mol. The summed E-state index contributed by atoms with van der Waals surface area (Å²) in [5, 5.41) is 0.367. The summed E-state index contributed by atoms with van der Waals surface area (Å²) >= 11 is 6.10. The molecule has 1 fully saturated rings. The Bertz CT molecular complexity index is 859. The largest absolute Gasteiger partial charge is 0.443 e. The number of halogens is 1. The van der Waals surface area contributed by atoms with Gasteiger partial charge in [-0.05, 0) is 31.4 Å². The molecule has 134 valence electrons. The topological polar surface area (TPSA) is 98.5 Å². The van der Waals surface area contributed by atoms with Crippen molar-refractivity contribution in [3.63, 3.8) is 0 Å². The highest BCUT2D eigenvalue weighted by Gasteiger charge is 2.27. The van der Waals surface area contributed by atoms with E-state index in [0.717, 1.165) is 19.2 Å². The third kappa shape index (κ3) is 4.39. The monoisotopic (exact) mass is 384 g/mol. The number of sulfonamides is 1. The van der Waals surface area contributed by atoms with Gasteiger partial charge >= 0.3 is 0 Å². The third-order valence-electron chi connectivity index (χ3n) is 3.83. The van der Waals surface area contributed by atoms with Crippen molar-refractivity contribution in [2.45, 2.75) is 25.4 Å². The predicted molar refractivity (Wildman–Crippen MR) is 91.8 cm³/mol. The molecule has 0 radical (unpaired) electrons. The number of rotatable bonds is 5. The maximum Gasteiger partial charge on any atom is 0.287 e. The highest BCUT2D eigenvalue weighted by atomic mass is 35.5. The number of hydrogen-bond acceptors (Lipinski definition) is 6. The summed E-state index contributed by atoms with van der Waals surface area (Å²) in [4.78, 5) is 16.2. The molecule has 2 aromatic rings. The van der Waals surface area contributed by atoms with Gasteiger partial charge in [0, 0.05) is 12.2 Å². The Hall–Kier alpha value is -1.90. The fourth-order valence-electron chi connectivity index (χ4n) is 2.66. The third-order valence-corrected chi connectivity index (χ3v) is 5.47. The number of aromatic nitrogens is 1. The Balaban J connectivity index is 1.76. The number of amides is 1. The van der Waals surface area contributed by atoms with Crippen molar-refractivity contribution < 1.29 is 22.4 Å². The Kier molecular flexibility index (Phi) is 5.41. The van der Waals surface area contributed by atoms with Gasteiger partial charge < -0.3 is 9.15 Å². The molecular formula is C16H17ClN2O5S. The van der Waals surface area contributed by atoms with Crippen molar-refractivity contribution in [3.8, 4) is 11.3 Å². The fourth-order valence-corrected chi connectivity index (χ4v) is 4.10. The van der Waals surface area contributed by atoms with E-state index < -0.39 is 22.0 Å². The molecule has 1 aliphatic heterocycles. The molecule has 7 nitrogen and oxygen atoms in total. The van der Waals surface area contributed by atoms with Crippen LogP contribution in [0.4, 0.5) is 0 Å². The molecule has 9 heteroatoms. The molecule has 1 amide bonds. The van der Waals surface area contributed by atoms with Crippen LogP contribution in [0.3, 0.4) is 0 Å². The number of ether oxygens (including phenoxy) is 1. The maximum atomic E-state index is 12.4. The van der Waals surface area contributed by atoms with E-state index in [1.807, 2.05) is 4.72 Å². The first kappa shape index (κ1) is 17.9. The van der Waals surface area contributed by atoms with Gasteiger partial charge in [0.2, 0.25) is 10.0 Å². The van der Waals surface area contributed by atoms with Crippen molar-refractivity contribution >= 4 is 27.5 Å². The van der Waals surface area contributed by atoms with E-state index >= 15 is 0 Å². The van der Waals surface area contributed by atoms with E-state index in [1.165, 1.54) is 0 Å². The van der Waals surface area contributed by atoms with Crippen molar-refractivity contribution in [3.05, 3.63) is 41.4 Å². The lowest BCUT2D eigenvalue weighted by Crippen LogP contribution is -2.38. The number of nitrogens with one attached hydrogen (secondary N) is 1. The number of hydrogen-bond donors (Lipinski definition) is 1. The minimum atomic E-state index is -3.85. The van der Waals surface area contributed by atoms with Crippen LogP contribution < -0.4 is 4.72 Å². The molecule has 0 unspecified atom stereocenters. The van der Waals surface area contributed by atoms with Crippen LogP contribution in [-0.4, -0.2) is 37.8 Å². The molecule has 1 aliphatic rings. The van der Waals surface area contributed by atoms with Gasteiger partial charge in [0.15, 0.2) is 17.8 Å². The standard InChI is InChI=1S/C16H17ClN2O5S/c17-13-7-2-1-6-12(13)15-14(18-10-24-15)16(20)19-25(21,22)9-11-5-3-4-8-23-11/h1-2,6-7,10-11H,3-5,8-9H2,(H,19,20)/t11-/m0/s1. The van der Waals surface area contributed by atoms with Gasteiger partial charge in [-0.3, -0.25) is 4.79 Å². The highest BCUT2D eigenvalue weighted by molar-refractivity contribution is 7.90. The van der Waals surface area contributed by atoms with Gasteiger partial charge in [0.05, 0.1) is 16.9 Å². The summed E-state index contributed by atoms with van der Waals surface area (Å²) in [6, 6.07) is 6.75. The minimum Gasteiger partial charge on any atom is -0.443 e. The number of nitrogens with zero attached hydrogens (tertiary/aromatic N) is 1. The van der Waals surface area contributed by atoms with Crippen molar-refractivity contribution in [1.82, 2.24) is 9.71 Å². The van der Waals surface area contributed by atoms with Crippen LogP contribution in [0.5, 0.6) is 0 Å². The average Bonchev–Trinajstić information content (AvgIpc) is 3.05. The molecule has 3 rings (SSSR count). The molecule has 0 bridgehead atoms. The lowest BCUT2D eigenvalue weighted by Gasteiger charge is -2.22. The summed E-state index contributed by atoms with van der Waals surface area (Å²) < 4.78 is 37.1. The minimum absolute atomic E-state index is 0.118. The van der Waals surface area contributed by atoms with Crippen LogP contribution >= 0.6 is 11.6 Å². The van der Waals surface area contributed by atoms with Crippen LogP contribution in [0, 0.1) is 0 Å². The Morgan fingerprint density at radius 3 is 2.84 bits per heavy atom. The molecular weight excluding hydrogens is 368 g/mol. The first-order chi connectivity index (χ1) is 12.0. The van der Waals surface area contributed by atoms with Crippen LogP contribution in [0.1, 0.15) is 29.8 Å². The van der Waals surface area contributed by atoms with E-state index in [9.17, 15) is 13.2 Å². The second-order valence-corrected chi connectivity index (χ2v) is 7.89. The Labute approximate surface area is 150 Å². The molecule has 0 aliphatic carbocycles. The predicted octanol–water partition coefficient (Wildman–Crippen LogP) is 2.62. The van der Waals surface area contributed by atoms with Crippen LogP contribution in [0.25, 0.3) is 11.3 Å². The second kappa shape index (κ2) is 7.55. The highest BCUT2D eigenvalue weighted by Crippen LogP contribution is 2.30. The number of carbonyl (C=O) groups is 1. The normalized spacial score (nSPS) is 18.0. The SMILES string of the molecule is O=C(NS(=O)(=O)C[C@@H]1CCCCO1)c1ncoc1-c1ccccc1Cl. The van der Waals surface area contributed by atoms with E-state index in [2.05, 4.69) is 4.98 Å². The molecule has 1 saturated heterocycles. The van der Waals surface area contributed by atoms with Crippen LogP contribution in [0.2, 0.25) is 5.02 Å². The summed E-state index contributed by atoms with van der Waals surface area (Å²) in [6.07, 6.45) is 3.16. The Morgan fingerprint density at radius 2 is 2.12 bits per heavy atom. The summed E-state index contributed by atoms with van der Waals surface area (Å²) in [5.74, 6) is -1.01. The first-order valence-electron chi connectivity index (χ1n) is 7.81. The summed E-state index contributed by atoms with van der Waals surface area (Å²) in [6.45, 7) is 0.536. The lowest BCUT2D eigenvalue weighted by molar-refractivity contribution is 0.0304. The zero-order chi connectivity index (χ0) is 17.9. The van der Waals surface area contributed by atoms with Gasteiger partial charge in [0.1, 0.15) is 0 Å². The number of benzene rings is 1. The number of carbonyl (C=O) groups excluding carboxylic acids is 1. The van der Waals surface area contributed by atoms with Gasteiger partial charge in [-0.2, -0.15) is 0 Å². The van der Waals surface area contributed by atoms with Crippen molar-refractivity contribution in [2.75, 3.05) is 12.4 Å². The van der Waals surface area contributed by atoms with Gasteiger partial charge in [-0.15, -0.1) is 0 Å². The van der Waals surface area contributed by atoms with Crippen molar-refractivity contribution in [1.29, 1.82) is 0 Å². The lowest BCUT2D eigenvalue weighted by atomic mass is 10.1. The molecule has 1 aromatic carbocycles. The van der Waals surface area contributed by atoms with Gasteiger partial charge in [0.25, 0.3) is 5.91 Å². The maximum absolute atomic E-state index is 12.4. The van der Waals surface area contributed by atoms with Gasteiger partial charge in [-0.25, -0.2) is 18.1 Å². The molecule has 2 heterocycles. The Morgan fingerprint density at radius 1 is 1.32 bits per heavy atom. The first-order valence-corrected chi connectivity index (χ1v) is 9.84.